The Balaban J connectivity index is 1.94. The molecule has 0 N–H and O–H groups in total. The average molecular weight is 280 g/mol. The molecule has 0 saturated carbocycles. The number of aromatic nitrogens is 3. The van der Waals surface area contributed by atoms with Crippen LogP contribution in [0.1, 0.15) is 17.3 Å². The highest BCUT2D eigenvalue weighted by molar-refractivity contribution is 6.07. The Morgan fingerprint density at radius 3 is 2.67 bits per heavy atom. The van der Waals surface area contributed by atoms with Crippen molar-refractivity contribution in [3.8, 4) is 0 Å². The number of carbonyl (C=O) groups excluding carboxylic acids is 1. The second-order valence-corrected chi connectivity index (χ2v) is 4.81. The predicted molar refractivity (Wildman–Crippen MR) is 82.4 cm³/mol. The van der Waals surface area contributed by atoms with Crippen molar-refractivity contribution >= 4 is 22.6 Å². The molecule has 0 radical (unpaired) electrons. The van der Waals surface area contributed by atoms with Crippen molar-refractivity contribution in [3.05, 3.63) is 54.1 Å². The quantitative estimate of drug-likeness (QED) is 0.741. The smallest absolute Gasteiger partial charge is 0.258 e. The number of aryl methyl sites for hydroxylation is 1. The van der Waals surface area contributed by atoms with E-state index in [9.17, 15) is 4.79 Å². The van der Waals surface area contributed by atoms with E-state index in [1.807, 2.05) is 54.1 Å². The summed E-state index contributed by atoms with van der Waals surface area (Å²) in [6, 6.07) is 15.1. The molecule has 0 bridgehead atoms. The molecule has 1 heterocycles. The highest BCUT2D eigenvalue weighted by atomic mass is 16.2. The van der Waals surface area contributed by atoms with Gasteiger partial charge in [0.05, 0.1) is 5.52 Å². The van der Waals surface area contributed by atoms with Crippen molar-refractivity contribution in [1.82, 2.24) is 15.0 Å². The summed E-state index contributed by atoms with van der Waals surface area (Å²) in [7, 11) is 1.77. The van der Waals surface area contributed by atoms with Crippen LogP contribution in [-0.2, 0) is 6.54 Å². The third-order valence-corrected chi connectivity index (χ3v) is 3.51. The molecule has 0 aliphatic rings. The minimum Gasteiger partial charge on any atom is -0.311 e. The first-order chi connectivity index (χ1) is 10.2. The van der Waals surface area contributed by atoms with Crippen molar-refractivity contribution in [1.29, 1.82) is 0 Å². The van der Waals surface area contributed by atoms with E-state index in [2.05, 4.69) is 10.3 Å². The Morgan fingerprint density at radius 1 is 1.19 bits per heavy atom. The fraction of sp³-hybridized carbons (Fsp3) is 0.188. The summed E-state index contributed by atoms with van der Waals surface area (Å²) in [5.41, 5.74) is 3.15. The number of fused-ring (bicyclic) bond motifs is 1. The van der Waals surface area contributed by atoms with Crippen LogP contribution in [-0.4, -0.2) is 27.9 Å². The maximum absolute atomic E-state index is 12.5. The number of rotatable bonds is 3. The summed E-state index contributed by atoms with van der Waals surface area (Å²) in [4.78, 5) is 14.2. The van der Waals surface area contributed by atoms with Crippen LogP contribution in [0.5, 0.6) is 0 Å². The molecule has 0 aliphatic heterocycles. The van der Waals surface area contributed by atoms with E-state index < -0.39 is 0 Å². The van der Waals surface area contributed by atoms with Gasteiger partial charge in [0.25, 0.3) is 5.91 Å². The van der Waals surface area contributed by atoms with Crippen molar-refractivity contribution in [3.63, 3.8) is 0 Å². The van der Waals surface area contributed by atoms with E-state index in [1.54, 1.807) is 18.0 Å². The molecule has 3 aromatic rings. The molecule has 1 amide bonds. The van der Waals surface area contributed by atoms with Gasteiger partial charge in [-0.3, -0.25) is 4.79 Å². The summed E-state index contributed by atoms with van der Waals surface area (Å²) in [6.07, 6.45) is 0. The van der Waals surface area contributed by atoms with Crippen LogP contribution in [0.15, 0.2) is 48.5 Å². The van der Waals surface area contributed by atoms with Gasteiger partial charge in [-0.15, -0.1) is 5.10 Å². The number of hydrogen-bond acceptors (Lipinski definition) is 3. The summed E-state index contributed by atoms with van der Waals surface area (Å²) < 4.78 is 1.81. The number of para-hydroxylation sites is 1. The molecule has 21 heavy (non-hydrogen) atoms. The average Bonchev–Trinajstić information content (AvgIpc) is 2.96. The summed E-state index contributed by atoms with van der Waals surface area (Å²) >= 11 is 0. The maximum Gasteiger partial charge on any atom is 0.258 e. The first-order valence-corrected chi connectivity index (χ1v) is 6.87. The SMILES string of the molecule is CCn1nnc2cc(C(=O)N(C)c3ccccc3)ccc21. The second kappa shape index (κ2) is 5.36. The van der Waals surface area contributed by atoms with E-state index in [4.69, 9.17) is 0 Å². The largest absolute Gasteiger partial charge is 0.311 e. The van der Waals surface area contributed by atoms with Gasteiger partial charge in [-0.05, 0) is 37.3 Å². The van der Waals surface area contributed by atoms with E-state index in [0.717, 1.165) is 23.3 Å². The standard InChI is InChI=1S/C16H16N4O/c1-3-20-15-10-9-12(11-14(15)17-18-20)16(21)19(2)13-7-5-4-6-8-13/h4-11H,3H2,1-2H3. The normalized spacial score (nSPS) is 10.8. The monoisotopic (exact) mass is 280 g/mol. The van der Waals surface area contributed by atoms with Crippen LogP contribution in [0.4, 0.5) is 5.69 Å². The van der Waals surface area contributed by atoms with Gasteiger partial charge in [-0.1, -0.05) is 23.4 Å². The van der Waals surface area contributed by atoms with E-state index in [1.165, 1.54) is 0 Å². The highest BCUT2D eigenvalue weighted by Crippen LogP contribution is 2.18. The highest BCUT2D eigenvalue weighted by Gasteiger charge is 2.15. The molecular formula is C16H16N4O. The Morgan fingerprint density at radius 2 is 1.95 bits per heavy atom. The van der Waals surface area contributed by atoms with Crippen molar-refractivity contribution in [2.24, 2.45) is 0 Å². The zero-order chi connectivity index (χ0) is 14.8. The maximum atomic E-state index is 12.5. The van der Waals surface area contributed by atoms with Crippen LogP contribution in [0.3, 0.4) is 0 Å². The van der Waals surface area contributed by atoms with Crippen molar-refractivity contribution < 1.29 is 4.79 Å². The first kappa shape index (κ1) is 13.3. The molecule has 0 fully saturated rings. The molecule has 5 heteroatoms. The lowest BCUT2D eigenvalue weighted by Crippen LogP contribution is -2.26. The lowest BCUT2D eigenvalue weighted by molar-refractivity contribution is 0.0993. The Labute approximate surface area is 122 Å². The van der Waals surface area contributed by atoms with Gasteiger partial charge < -0.3 is 4.90 Å². The van der Waals surface area contributed by atoms with Crippen LogP contribution in [0.25, 0.3) is 11.0 Å². The van der Waals surface area contributed by atoms with Gasteiger partial charge in [0.1, 0.15) is 5.52 Å². The molecule has 3 rings (SSSR count). The van der Waals surface area contributed by atoms with Crippen LogP contribution in [0.2, 0.25) is 0 Å². The summed E-state index contributed by atoms with van der Waals surface area (Å²) in [5.74, 6) is -0.0610. The second-order valence-electron chi connectivity index (χ2n) is 4.81. The van der Waals surface area contributed by atoms with Crippen LogP contribution in [0, 0.1) is 0 Å². The first-order valence-electron chi connectivity index (χ1n) is 6.87. The summed E-state index contributed by atoms with van der Waals surface area (Å²) in [5, 5.41) is 8.17. The molecule has 0 saturated heterocycles. The summed E-state index contributed by atoms with van der Waals surface area (Å²) in [6.45, 7) is 2.77. The zero-order valence-electron chi connectivity index (χ0n) is 12.0. The van der Waals surface area contributed by atoms with E-state index >= 15 is 0 Å². The van der Waals surface area contributed by atoms with Gasteiger partial charge in [0.2, 0.25) is 0 Å². The number of nitrogens with zero attached hydrogens (tertiary/aromatic N) is 4. The molecule has 0 spiro atoms. The zero-order valence-corrected chi connectivity index (χ0v) is 12.0. The molecule has 5 nitrogen and oxygen atoms in total. The number of anilines is 1. The fourth-order valence-electron chi connectivity index (χ4n) is 2.30. The third-order valence-electron chi connectivity index (χ3n) is 3.51. The van der Waals surface area contributed by atoms with E-state index in [0.29, 0.717) is 5.56 Å². The molecule has 2 aromatic carbocycles. The molecule has 0 aliphatic carbocycles. The Bertz CT molecular complexity index is 779. The van der Waals surface area contributed by atoms with Crippen molar-refractivity contribution in [2.45, 2.75) is 13.5 Å². The molecule has 0 atom stereocenters. The third kappa shape index (κ3) is 2.38. The number of benzene rings is 2. The molecule has 1 aromatic heterocycles. The van der Waals surface area contributed by atoms with Crippen LogP contribution < -0.4 is 4.90 Å². The predicted octanol–water partition coefficient (Wildman–Crippen LogP) is 2.73. The van der Waals surface area contributed by atoms with Crippen molar-refractivity contribution in [2.75, 3.05) is 11.9 Å². The Hall–Kier alpha value is -2.69. The van der Waals surface area contributed by atoms with Gasteiger partial charge in [-0.25, -0.2) is 4.68 Å². The molecular weight excluding hydrogens is 264 g/mol. The number of hydrogen-bond donors (Lipinski definition) is 0. The van der Waals surface area contributed by atoms with Gasteiger partial charge in [0, 0.05) is 24.8 Å². The minimum absolute atomic E-state index is 0.0610. The molecule has 0 unspecified atom stereocenters. The van der Waals surface area contributed by atoms with E-state index in [-0.39, 0.29) is 5.91 Å². The van der Waals surface area contributed by atoms with Crippen LogP contribution >= 0.6 is 0 Å². The lowest BCUT2D eigenvalue weighted by atomic mass is 10.1. The number of carbonyl (C=O) groups is 1. The van der Waals surface area contributed by atoms with Gasteiger partial charge in [0.15, 0.2) is 0 Å². The fourth-order valence-corrected chi connectivity index (χ4v) is 2.30. The molecule has 106 valence electrons. The van der Waals surface area contributed by atoms with Gasteiger partial charge in [-0.2, -0.15) is 0 Å². The lowest BCUT2D eigenvalue weighted by Gasteiger charge is -2.17. The number of amides is 1. The minimum atomic E-state index is -0.0610. The topological polar surface area (TPSA) is 51.0 Å². The van der Waals surface area contributed by atoms with Gasteiger partial charge >= 0.3 is 0 Å². The Kier molecular flexibility index (Phi) is 3.39.